The van der Waals surface area contributed by atoms with Crippen LogP contribution in [0.3, 0.4) is 0 Å². The summed E-state index contributed by atoms with van der Waals surface area (Å²) in [6, 6.07) is 3.59. The first kappa shape index (κ1) is 13.9. The predicted octanol–water partition coefficient (Wildman–Crippen LogP) is 3.73. The molecule has 0 N–H and O–H groups in total. The fourth-order valence-electron chi connectivity index (χ4n) is 3.19. The summed E-state index contributed by atoms with van der Waals surface area (Å²) in [7, 11) is 0. The first-order valence-corrected chi connectivity index (χ1v) is 8.37. The summed E-state index contributed by atoms with van der Waals surface area (Å²) < 4.78 is 7.00. The lowest BCUT2D eigenvalue weighted by Gasteiger charge is -2.30. The van der Waals surface area contributed by atoms with Gasteiger partial charge in [-0.2, -0.15) is 0 Å². The van der Waals surface area contributed by atoms with Gasteiger partial charge in [0.1, 0.15) is 0 Å². The molecule has 0 bridgehead atoms. The highest BCUT2D eigenvalue weighted by Crippen LogP contribution is 2.38. The molecule has 0 radical (unpaired) electrons. The van der Waals surface area contributed by atoms with Gasteiger partial charge in [0.15, 0.2) is 11.2 Å². The van der Waals surface area contributed by atoms with Crippen molar-refractivity contribution in [3.05, 3.63) is 28.9 Å². The van der Waals surface area contributed by atoms with Crippen molar-refractivity contribution >= 4 is 27.2 Å². The van der Waals surface area contributed by atoms with Gasteiger partial charge in [-0.3, -0.25) is 4.57 Å². The van der Waals surface area contributed by atoms with E-state index in [4.69, 9.17) is 4.42 Å². The van der Waals surface area contributed by atoms with Crippen LogP contribution in [0.4, 0.5) is 0 Å². The van der Waals surface area contributed by atoms with Crippen LogP contribution in [-0.2, 0) is 6.54 Å². The Balaban J connectivity index is 1.98. The molecule has 1 aliphatic carbocycles. The maximum Gasteiger partial charge on any atom is 0.421 e. The Bertz CT molecular complexity index is 639. The SMILES string of the molecule is O=c1oc2cccnc2n1CC1(CBr)CCCCCC1. The van der Waals surface area contributed by atoms with E-state index >= 15 is 0 Å². The minimum absolute atomic E-state index is 0.147. The van der Waals surface area contributed by atoms with Crippen molar-refractivity contribution in [2.45, 2.75) is 45.1 Å². The molecule has 2 aromatic rings. The topological polar surface area (TPSA) is 48.0 Å². The molecule has 4 nitrogen and oxygen atoms in total. The first-order chi connectivity index (χ1) is 9.74. The van der Waals surface area contributed by atoms with Crippen LogP contribution < -0.4 is 5.76 Å². The molecule has 0 amide bonds. The zero-order valence-corrected chi connectivity index (χ0v) is 13.1. The fraction of sp³-hybridized carbons (Fsp3) is 0.600. The molecule has 1 fully saturated rings. The number of hydrogen-bond acceptors (Lipinski definition) is 3. The highest BCUT2D eigenvalue weighted by atomic mass is 79.9. The molecule has 5 heteroatoms. The molecular weight excluding hydrogens is 320 g/mol. The molecule has 0 unspecified atom stereocenters. The molecule has 0 atom stereocenters. The summed E-state index contributed by atoms with van der Waals surface area (Å²) in [4.78, 5) is 16.4. The van der Waals surface area contributed by atoms with Gasteiger partial charge in [-0.15, -0.1) is 0 Å². The summed E-state index contributed by atoms with van der Waals surface area (Å²) in [5.74, 6) is -0.289. The summed E-state index contributed by atoms with van der Waals surface area (Å²) in [5.41, 5.74) is 1.40. The number of fused-ring (bicyclic) bond motifs is 1. The molecule has 0 saturated heterocycles. The van der Waals surface area contributed by atoms with Gasteiger partial charge in [0.2, 0.25) is 0 Å². The zero-order chi connectivity index (χ0) is 14.0. The Kier molecular flexibility index (Phi) is 3.96. The monoisotopic (exact) mass is 338 g/mol. The molecule has 0 aliphatic heterocycles. The van der Waals surface area contributed by atoms with Crippen molar-refractivity contribution in [3.8, 4) is 0 Å². The summed E-state index contributed by atoms with van der Waals surface area (Å²) in [5, 5.41) is 0.923. The van der Waals surface area contributed by atoms with E-state index < -0.39 is 0 Å². The van der Waals surface area contributed by atoms with Crippen molar-refractivity contribution in [2.75, 3.05) is 5.33 Å². The number of aromatic nitrogens is 2. The van der Waals surface area contributed by atoms with Gasteiger partial charge in [-0.1, -0.05) is 41.6 Å². The molecule has 0 aromatic carbocycles. The van der Waals surface area contributed by atoms with E-state index in [1.54, 1.807) is 22.9 Å². The third kappa shape index (κ3) is 2.55. The normalized spacial score (nSPS) is 19.1. The van der Waals surface area contributed by atoms with Crippen LogP contribution in [0.25, 0.3) is 11.2 Å². The second-order valence-electron chi connectivity index (χ2n) is 5.83. The van der Waals surface area contributed by atoms with Crippen molar-refractivity contribution in [1.29, 1.82) is 0 Å². The minimum atomic E-state index is -0.289. The number of rotatable bonds is 3. The zero-order valence-electron chi connectivity index (χ0n) is 11.5. The molecule has 2 aromatic heterocycles. The molecule has 0 spiro atoms. The van der Waals surface area contributed by atoms with Crippen LogP contribution in [0, 0.1) is 5.41 Å². The molecule has 3 rings (SSSR count). The number of nitrogens with zero attached hydrogens (tertiary/aromatic N) is 2. The van der Waals surface area contributed by atoms with E-state index in [0.29, 0.717) is 17.8 Å². The van der Waals surface area contributed by atoms with Gasteiger partial charge in [0.25, 0.3) is 0 Å². The van der Waals surface area contributed by atoms with Gasteiger partial charge in [-0.05, 0) is 30.4 Å². The standard InChI is InChI=1S/C15H19BrN2O2/c16-10-15(7-3-1-2-4-8-15)11-18-13-12(20-14(18)19)6-5-9-17-13/h5-6,9H,1-4,7-8,10-11H2. The maximum atomic E-state index is 12.1. The van der Waals surface area contributed by atoms with E-state index in [9.17, 15) is 4.79 Å². The number of halogens is 1. The lowest BCUT2D eigenvalue weighted by Crippen LogP contribution is -2.32. The van der Waals surface area contributed by atoms with Crippen LogP contribution in [-0.4, -0.2) is 14.9 Å². The van der Waals surface area contributed by atoms with Gasteiger partial charge in [-0.25, -0.2) is 9.78 Å². The maximum absolute atomic E-state index is 12.1. The molecule has 1 saturated carbocycles. The van der Waals surface area contributed by atoms with Crippen molar-refractivity contribution in [2.24, 2.45) is 5.41 Å². The Morgan fingerprint density at radius 3 is 2.75 bits per heavy atom. The highest BCUT2D eigenvalue weighted by molar-refractivity contribution is 9.09. The smallest absolute Gasteiger partial charge is 0.406 e. The third-order valence-corrected chi connectivity index (χ3v) is 5.55. The Hall–Kier alpha value is -1.10. The quantitative estimate of drug-likeness (QED) is 0.632. The molecular formula is C15H19BrN2O2. The Labute approximate surface area is 126 Å². The number of alkyl halides is 1. The van der Waals surface area contributed by atoms with Crippen LogP contribution in [0.2, 0.25) is 0 Å². The van der Waals surface area contributed by atoms with E-state index in [-0.39, 0.29) is 11.2 Å². The van der Waals surface area contributed by atoms with Crippen molar-refractivity contribution in [3.63, 3.8) is 0 Å². The van der Waals surface area contributed by atoms with Gasteiger partial charge in [0, 0.05) is 18.1 Å². The van der Waals surface area contributed by atoms with Crippen molar-refractivity contribution in [1.82, 2.24) is 9.55 Å². The minimum Gasteiger partial charge on any atom is -0.406 e. The Morgan fingerprint density at radius 2 is 2.05 bits per heavy atom. The van der Waals surface area contributed by atoms with Gasteiger partial charge in [0.05, 0.1) is 0 Å². The molecule has 108 valence electrons. The van der Waals surface area contributed by atoms with Gasteiger partial charge >= 0.3 is 5.76 Å². The van der Waals surface area contributed by atoms with Crippen LogP contribution in [0.15, 0.2) is 27.5 Å². The third-order valence-electron chi connectivity index (χ3n) is 4.37. The first-order valence-electron chi connectivity index (χ1n) is 7.24. The van der Waals surface area contributed by atoms with Gasteiger partial charge < -0.3 is 4.42 Å². The van der Waals surface area contributed by atoms with E-state index in [0.717, 1.165) is 18.2 Å². The van der Waals surface area contributed by atoms with Crippen LogP contribution >= 0.6 is 15.9 Å². The van der Waals surface area contributed by atoms with Crippen molar-refractivity contribution < 1.29 is 4.42 Å². The lowest BCUT2D eigenvalue weighted by atomic mass is 9.82. The molecule has 20 heavy (non-hydrogen) atoms. The van der Waals surface area contributed by atoms with Crippen LogP contribution in [0.5, 0.6) is 0 Å². The van der Waals surface area contributed by atoms with E-state index in [1.807, 2.05) is 0 Å². The largest absolute Gasteiger partial charge is 0.421 e. The van der Waals surface area contributed by atoms with E-state index in [1.165, 1.54) is 25.7 Å². The molecule has 1 aliphatic rings. The number of pyridine rings is 1. The second kappa shape index (κ2) is 5.72. The fourth-order valence-corrected chi connectivity index (χ4v) is 3.93. The second-order valence-corrected chi connectivity index (χ2v) is 6.39. The van der Waals surface area contributed by atoms with E-state index in [2.05, 4.69) is 20.9 Å². The molecule has 2 heterocycles. The summed E-state index contributed by atoms with van der Waals surface area (Å²) in [6.07, 6.45) is 9.10. The lowest BCUT2D eigenvalue weighted by molar-refractivity contribution is 0.237. The number of hydrogen-bond donors (Lipinski definition) is 0. The summed E-state index contributed by atoms with van der Waals surface area (Å²) in [6.45, 7) is 0.696. The highest BCUT2D eigenvalue weighted by Gasteiger charge is 2.32. The number of oxazole rings is 1. The average Bonchev–Trinajstić information content (AvgIpc) is 2.65. The summed E-state index contributed by atoms with van der Waals surface area (Å²) >= 11 is 3.67. The predicted molar refractivity (Wildman–Crippen MR) is 82.2 cm³/mol. The average molecular weight is 339 g/mol. The van der Waals surface area contributed by atoms with Crippen LogP contribution in [0.1, 0.15) is 38.5 Å². The Morgan fingerprint density at radius 1 is 1.30 bits per heavy atom.